The zero-order valence-corrected chi connectivity index (χ0v) is 14.6. The van der Waals surface area contributed by atoms with E-state index < -0.39 is 0 Å². The summed E-state index contributed by atoms with van der Waals surface area (Å²) in [5.41, 5.74) is 2.83. The highest BCUT2D eigenvalue weighted by atomic mass is 35.5. The van der Waals surface area contributed by atoms with Crippen LogP contribution < -0.4 is 0 Å². The summed E-state index contributed by atoms with van der Waals surface area (Å²) in [6.07, 6.45) is 3.11. The molecule has 7 nitrogen and oxygen atoms in total. The van der Waals surface area contributed by atoms with Crippen LogP contribution >= 0.6 is 11.6 Å². The van der Waals surface area contributed by atoms with Gasteiger partial charge in [0.05, 0.1) is 17.3 Å². The van der Waals surface area contributed by atoms with Crippen LogP contribution in [0.15, 0.2) is 53.3 Å². The van der Waals surface area contributed by atoms with Crippen molar-refractivity contribution in [2.24, 2.45) is 0 Å². The van der Waals surface area contributed by atoms with E-state index in [1.807, 2.05) is 30.3 Å². The van der Waals surface area contributed by atoms with E-state index >= 15 is 0 Å². The van der Waals surface area contributed by atoms with E-state index in [0.717, 1.165) is 16.8 Å². The Labute approximate surface area is 154 Å². The summed E-state index contributed by atoms with van der Waals surface area (Å²) in [5.74, 6) is 1.46. The molecule has 0 aliphatic carbocycles. The average Bonchev–Trinajstić information content (AvgIpc) is 3.32. The molecule has 1 N–H and O–H groups in total. The number of nitrogens with one attached hydrogen (secondary N) is 1. The lowest BCUT2D eigenvalue weighted by Crippen LogP contribution is -1.92. The number of aromatic amines is 1. The van der Waals surface area contributed by atoms with Crippen LogP contribution in [0, 0.1) is 0 Å². The number of ether oxygens (including phenoxy) is 1. The van der Waals surface area contributed by atoms with Gasteiger partial charge in [-0.3, -0.25) is 10.1 Å². The molecule has 0 unspecified atom stereocenters. The molecule has 4 rings (SSSR count). The summed E-state index contributed by atoms with van der Waals surface area (Å²) < 4.78 is 11.2. The topological polar surface area (TPSA) is 89.7 Å². The van der Waals surface area contributed by atoms with Gasteiger partial charge in [0.1, 0.15) is 6.33 Å². The lowest BCUT2D eigenvalue weighted by atomic mass is 10.1. The fourth-order valence-corrected chi connectivity index (χ4v) is 2.81. The van der Waals surface area contributed by atoms with Crippen molar-refractivity contribution in [2.75, 3.05) is 7.11 Å². The van der Waals surface area contributed by atoms with Crippen molar-refractivity contribution in [2.45, 2.75) is 6.61 Å². The summed E-state index contributed by atoms with van der Waals surface area (Å²) in [7, 11) is 1.62. The van der Waals surface area contributed by atoms with Crippen molar-refractivity contribution in [3.8, 4) is 34.3 Å². The summed E-state index contributed by atoms with van der Waals surface area (Å²) >= 11 is 6.35. The van der Waals surface area contributed by atoms with Crippen LogP contribution in [0.1, 0.15) is 5.69 Å². The SMILES string of the molecule is COCc1cc(-c2nc(-c3ncn[nH]3)c(-c3ccccc3Cl)o2)ccn1. The molecular formula is C18H14ClN5O2. The highest BCUT2D eigenvalue weighted by Gasteiger charge is 2.21. The first-order valence-electron chi connectivity index (χ1n) is 7.82. The van der Waals surface area contributed by atoms with Gasteiger partial charge in [0.15, 0.2) is 17.3 Å². The Morgan fingerprint density at radius 2 is 2.08 bits per heavy atom. The van der Waals surface area contributed by atoms with Crippen LogP contribution in [0.25, 0.3) is 34.3 Å². The van der Waals surface area contributed by atoms with Crippen molar-refractivity contribution >= 4 is 11.6 Å². The molecule has 3 aromatic heterocycles. The van der Waals surface area contributed by atoms with Gasteiger partial charge in [-0.25, -0.2) is 9.97 Å². The van der Waals surface area contributed by atoms with Gasteiger partial charge in [-0.2, -0.15) is 5.10 Å². The van der Waals surface area contributed by atoms with E-state index in [1.165, 1.54) is 6.33 Å². The van der Waals surface area contributed by atoms with Crippen LogP contribution in [0.5, 0.6) is 0 Å². The maximum atomic E-state index is 6.35. The van der Waals surface area contributed by atoms with Crippen molar-refractivity contribution in [3.63, 3.8) is 0 Å². The Balaban J connectivity index is 1.87. The fourth-order valence-electron chi connectivity index (χ4n) is 2.59. The number of nitrogens with zero attached hydrogens (tertiary/aromatic N) is 4. The molecule has 0 bridgehead atoms. The normalized spacial score (nSPS) is 11.0. The van der Waals surface area contributed by atoms with Gasteiger partial charge in [-0.05, 0) is 24.3 Å². The minimum atomic E-state index is 0.404. The number of aromatic nitrogens is 5. The molecule has 26 heavy (non-hydrogen) atoms. The van der Waals surface area contributed by atoms with Crippen LogP contribution in [0.3, 0.4) is 0 Å². The standard InChI is InChI=1S/C18H14ClN5O2/c1-25-9-12-8-11(6-7-20-12)18-23-15(17-21-10-22-24-17)16(26-18)13-4-2-3-5-14(13)19/h2-8,10H,9H2,1H3,(H,21,22,24). The number of hydrogen-bond acceptors (Lipinski definition) is 6. The molecule has 0 atom stereocenters. The van der Waals surface area contributed by atoms with Crippen molar-refractivity contribution < 1.29 is 9.15 Å². The lowest BCUT2D eigenvalue weighted by Gasteiger charge is -2.02. The monoisotopic (exact) mass is 367 g/mol. The predicted octanol–water partition coefficient (Wildman–Crippen LogP) is 3.99. The highest BCUT2D eigenvalue weighted by Crippen LogP contribution is 2.37. The number of benzene rings is 1. The molecule has 8 heteroatoms. The van der Waals surface area contributed by atoms with Gasteiger partial charge in [0.2, 0.25) is 5.89 Å². The first-order chi connectivity index (χ1) is 12.8. The molecule has 0 aliphatic heterocycles. The number of halogens is 1. The highest BCUT2D eigenvalue weighted by molar-refractivity contribution is 6.33. The molecule has 0 amide bonds. The zero-order chi connectivity index (χ0) is 17.9. The summed E-state index contributed by atoms with van der Waals surface area (Å²) in [4.78, 5) is 13.1. The number of H-pyrrole nitrogens is 1. The number of rotatable bonds is 5. The number of hydrogen-bond donors (Lipinski definition) is 1. The lowest BCUT2D eigenvalue weighted by molar-refractivity contribution is 0.181. The van der Waals surface area contributed by atoms with Crippen molar-refractivity contribution in [3.05, 3.63) is 59.6 Å². The minimum absolute atomic E-state index is 0.404. The largest absolute Gasteiger partial charge is 0.435 e. The Morgan fingerprint density at radius 3 is 2.85 bits per heavy atom. The molecule has 3 heterocycles. The fraction of sp³-hybridized carbons (Fsp3) is 0.111. The second-order valence-corrected chi connectivity index (χ2v) is 5.89. The number of oxazole rings is 1. The third kappa shape index (κ3) is 3.10. The van der Waals surface area contributed by atoms with E-state index in [1.54, 1.807) is 19.4 Å². The Bertz CT molecular complexity index is 1030. The molecule has 1 aromatic carbocycles. The third-order valence-corrected chi connectivity index (χ3v) is 4.07. The van der Waals surface area contributed by atoms with E-state index in [4.69, 9.17) is 20.8 Å². The maximum absolute atomic E-state index is 6.35. The molecule has 0 radical (unpaired) electrons. The molecular weight excluding hydrogens is 354 g/mol. The Kier molecular flexibility index (Phi) is 4.47. The zero-order valence-electron chi connectivity index (χ0n) is 13.8. The molecule has 4 aromatic rings. The van der Waals surface area contributed by atoms with Gasteiger partial charge >= 0.3 is 0 Å². The molecule has 0 saturated carbocycles. The van der Waals surface area contributed by atoms with Gasteiger partial charge in [-0.1, -0.05) is 23.7 Å². The first-order valence-corrected chi connectivity index (χ1v) is 8.20. The molecule has 0 fully saturated rings. The second kappa shape index (κ2) is 7.07. The van der Waals surface area contributed by atoms with Gasteiger partial charge in [-0.15, -0.1) is 0 Å². The number of pyridine rings is 1. The Hall–Kier alpha value is -3.03. The van der Waals surface area contributed by atoms with Gasteiger partial charge in [0.25, 0.3) is 0 Å². The van der Waals surface area contributed by atoms with Crippen molar-refractivity contribution in [1.29, 1.82) is 0 Å². The predicted molar refractivity (Wildman–Crippen MR) is 96.3 cm³/mol. The van der Waals surface area contributed by atoms with Crippen LogP contribution in [0.2, 0.25) is 5.02 Å². The smallest absolute Gasteiger partial charge is 0.227 e. The second-order valence-electron chi connectivity index (χ2n) is 5.48. The van der Waals surface area contributed by atoms with Crippen LogP contribution in [-0.4, -0.2) is 32.3 Å². The van der Waals surface area contributed by atoms with E-state index in [-0.39, 0.29) is 0 Å². The maximum Gasteiger partial charge on any atom is 0.227 e. The van der Waals surface area contributed by atoms with E-state index in [0.29, 0.717) is 34.8 Å². The van der Waals surface area contributed by atoms with E-state index in [2.05, 4.69) is 25.1 Å². The van der Waals surface area contributed by atoms with Gasteiger partial charge < -0.3 is 9.15 Å². The molecule has 130 valence electrons. The number of methoxy groups -OCH3 is 1. The first kappa shape index (κ1) is 16.4. The van der Waals surface area contributed by atoms with E-state index in [9.17, 15) is 0 Å². The van der Waals surface area contributed by atoms with Crippen LogP contribution in [-0.2, 0) is 11.3 Å². The molecule has 0 aliphatic rings. The quantitative estimate of drug-likeness (QED) is 0.573. The summed E-state index contributed by atoms with van der Waals surface area (Å²) in [6, 6.07) is 11.1. The van der Waals surface area contributed by atoms with Gasteiger partial charge in [0, 0.05) is 24.4 Å². The summed E-state index contributed by atoms with van der Waals surface area (Å²) in [6.45, 7) is 0.404. The van der Waals surface area contributed by atoms with Crippen LogP contribution in [0.4, 0.5) is 0 Å². The average molecular weight is 368 g/mol. The Morgan fingerprint density at radius 1 is 1.19 bits per heavy atom. The molecule has 0 spiro atoms. The molecule has 0 saturated heterocycles. The summed E-state index contributed by atoms with van der Waals surface area (Å²) in [5, 5.41) is 7.28. The third-order valence-electron chi connectivity index (χ3n) is 3.74. The minimum Gasteiger partial charge on any atom is -0.435 e. The van der Waals surface area contributed by atoms with Crippen molar-refractivity contribution in [1.82, 2.24) is 25.1 Å².